The fourth-order valence-corrected chi connectivity index (χ4v) is 1.97. The van der Waals surface area contributed by atoms with Crippen molar-refractivity contribution in [3.63, 3.8) is 0 Å². The number of rotatable bonds is 9. The number of hydrogen-bond donors (Lipinski definition) is 1. The van der Waals surface area contributed by atoms with Gasteiger partial charge in [0.15, 0.2) is 0 Å². The first-order valence-corrected chi connectivity index (χ1v) is 6.79. The Labute approximate surface area is 99.9 Å². The Morgan fingerprint density at radius 3 is 2.75 bits per heavy atom. The Morgan fingerprint density at radius 2 is 2.00 bits per heavy atom. The third kappa shape index (κ3) is 7.20. The zero-order valence-electron chi connectivity index (χ0n) is 10.7. The molecule has 3 nitrogen and oxygen atoms in total. The van der Waals surface area contributed by atoms with Crippen molar-refractivity contribution in [1.82, 2.24) is 5.32 Å². The van der Waals surface area contributed by atoms with Crippen molar-refractivity contribution in [3.05, 3.63) is 0 Å². The van der Waals surface area contributed by atoms with Crippen molar-refractivity contribution in [1.29, 1.82) is 0 Å². The fourth-order valence-electron chi connectivity index (χ4n) is 1.97. The average Bonchev–Trinajstić information content (AvgIpc) is 2.34. The van der Waals surface area contributed by atoms with Crippen molar-refractivity contribution in [3.8, 4) is 0 Å². The van der Waals surface area contributed by atoms with Gasteiger partial charge in [-0.3, -0.25) is 0 Å². The lowest BCUT2D eigenvalue weighted by atomic mass is 10.0. The summed E-state index contributed by atoms with van der Waals surface area (Å²) in [5.74, 6) is 0.746. The van der Waals surface area contributed by atoms with Crippen LogP contribution in [0.15, 0.2) is 0 Å². The van der Waals surface area contributed by atoms with Crippen LogP contribution in [0.5, 0.6) is 0 Å². The summed E-state index contributed by atoms with van der Waals surface area (Å²) in [6, 6.07) is 0. The van der Waals surface area contributed by atoms with E-state index in [0.29, 0.717) is 0 Å². The molecule has 0 unspecified atom stereocenters. The van der Waals surface area contributed by atoms with Gasteiger partial charge in [0, 0.05) is 26.4 Å². The lowest BCUT2D eigenvalue weighted by molar-refractivity contribution is 0.0198. The van der Waals surface area contributed by atoms with Crippen LogP contribution in [0, 0.1) is 5.92 Å². The van der Waals surface area contributed by atoms with E-state index in [1.54, 1.807) is 0 Å². The summed E-state index contributed by atoms with van der Waals surface area (Å²) in [5, 5.41) is 3.34. The lowest BCUT2D eigenvalue weighted by Crippen LogP contribution is -2.20. The van der Waals surface area contributed by atoms with Gasteiger partial charge in [0.1, 0.15) is 0 Å². The molecule has 0 saturated carbocycles. The van der Waals surface area contributed by atoms with Crippen molar-refractivity contribution in [2.75, 3.05) is 39.5 Å². The average molecular weight is 229 g/mol. The van der Waals surface area contributed by atoms with Gasteiger partial charge in [0.2, 0.25) is 0 Å². The highest BCUT2D eigenvalue weighted by Gasteiger charge is 2.13. The van der Waals surface area contributed by atoms with Crippen LogP contribution in [0.25, 0.3) is 0 Å². The quantitative estimate of drug-likeness (QED) is 0.615. The Kier molecular flexibility index (Phi) is 8.77. The number of ether oxygens (including phenoxy) is 2. The molecular weight excluding hydrogens is 202 g/mol. The minimum Gasteiger partial charge on any atom is -0.381 e. The molecule has 0 amide bonds. The van der Waals surface area contributed by atoms with Gasteiger partial charge in [-0.25, -0.2) is 0 Å². The van der Waals surface area contributed by atoms with E-state index in [4.69, 9.17) is 9.47 Å². The summed E-state index contributed by atoms with van der Waals surface area (Å²) in [6.45, 7) is 8.11. The molecule has 1 aliphatic rings. The fraction of sp³-hybridized carbons (Fsp3) is 1.00. The van der Waals surface area contributed by atoms with Gasteiger partial charge < -0.3 is 14.8 Å². The number of nitrogens with one attached hydrogen (secondary N) is 1. The van der Waals surface area contributed by atoms with Crippen LogP contribution in [0.3, 0.4) is 0 Å². The summed E-state index contributed by atoms with van der Waals surface area (Å²) in [4.78, 5) is 0. The summed E-state index contributed by atoms with van der Waals surface area (Å²) in [5.41, 5.74) is 0. The highest BCUT2D eigenvalue weighted by Crippen LogP contribution is 2.14. The monoisotopic (exact) mass is 229 g/mol. The first-order valence-electron chi connectivity index (χ1n) is 6.79. The first kappa shape index (κ1) is 13.9. The number of unbranched alkanes of at least 4 members (excludes halogenated alkanes) is 2. The van der Waals surface area contributed by atoms with Crippen LogP contribution in [0.1, 0.15) is 39.0 Å². The van der Waals surface area contributed by atoms with Gasteiger partial charge in [0.05, 0.1) is 0 Å². The summed E-state index contributed by atoms with van der Waals surface area (Å²) in [7, 11) is 0. The molecule has 0 atom stereocenters. The van der Waals surface area contributed by atoms with E-state index < -0.39 is 0 Å². The second-order valence-electron chi connectivity index (χ2n) is 4.54. The largest absolute Gasteiger partial charge is 0.381 e. The molecule has 0 radical (unpaired) electrons. The van der Waals surface area contributed by atoms with Crippen molar-refractivity contribution < 1.29 is 9.47 Å². The van der Waals surface area contributed by atoms with E-state index in [2.05, 4.69) is 12.2 Å². The Morgan fingerprint density at radius 1 is 1.19 bits per heavy atom. The third-order valence-corrected chi connectivity index (χ3v) is 3.09. The molecule has 0 aromatic carbocycles. The molecule has 1 heterocycles. The molecule has 1 fully saturated rings. The maximum Gasteiger partial charge on any atom is 0.0495 e. The molecule has 1 aliphatic heterocycles. The van der Waals surface area contributed by atoms with Gasteiger partial charge in [-0.05, 0) is 51.1 Å². The minimum absolute atomic E-state index is 0.746. The van der Waals surface area contributed by atoms with Gasteiger partial charge in [-0.1, -0.05) is 6.92 Å². The van der Waals surface area contributed by atoms with Crippen molar-refractivity contribution in [2.24, 2.45) is 5.92 Å². The molecule has 3 heteroatoms. The number of hydrogen-bond acceptors (Lipinski definition) is 3. The van der Waals surface area contributed by atoms with E-state index in [1.807, 2.05) is 0 Å². The normalized spacial score (nSPS) is 17.8. The summed E-state index contributed by atoms with van der Waals surface area (Å²) < 4.78 is 11.0. The van der Waals surface area contributed by atoms with Crippen LogP contribution in [0.2, 0.25) is 0 Å². The van der Waals surface area contributed by atoms with Crippen LogP contribution in [-0.4, -0.2) is 39.5 Å². The predicted octanol–water partition coefficient (Wildman–Crippen LogP) is 2.21. The molecule has 0 aromatic heterocycles. The smallest absolute Gasteiger partial charge is 0.0495 e. The van der Waals surface area contributed by atoms with Crippen molar-refractivity contribution in [2.45, 2.75) is 39.0 Å². The molecule has 16 heavy (non-hydrogen) atoms. The second kappa shape index (κ2) is 10.1. The molecule has 0 spiro atoms. The first-order chi connectivity index (χ1) is 7.93. The van der Waals surface area contributed by atoms with E-state index in [0.717, 1.165) is 45.4 Å². The van der Waals surface area contributed by atoms with Gasteiger partial charge in [-0.15, -0.1) is 0 Å². The van der Waals surface area contributed by atoms with E-state index >= 15 is 0 Å². The lowest BCUT2D eigenvalue weighted by Gasteiger charge is -2.21. The topological polar surface area (TPSA) is 30.5 Å². The second-order valence-corrected chi connectivity index (χ2v) is 4.54. The molecule has 96 valence electrons. The molecule has 1 N–H and O–H groups in total. The van der Waals surface area contributed by atoms with Gasteiger partial charge in [0.25, 0.3) is 0 Å². The zero-order valence-corrected chi connectivity index (χ0v) is 10.7. The Balaban J connectivity index is 1.77. The SMILES string of the molecule is CCNCCCCCOCC1CCOCC1. The van der Waals surface area contributed by atoms with Crippen molar-refractivity contribution >= 4 is 0 Å². The molecular formula is C13H27NO2. The standard InChI is InChI=1S/C13H27NO2/c1-2-14-8-4-3-5-9-16-12-13-6-10-15-11-7-13/h13-14H,2-12H2,1H3. The Hall–Kier alpha value is -0.120. The molecule has 1 saturated heterocycles. The predicted molar refractivity (Wildman–Crippen MR) is 66.8 cm³/mol. The minimum atomic E-state index is 0.746. The van der Waals surface area contributed by atoms with Crippen LogP contribution in [-0.2, 0) is 9.47 Å². The summed E-state index contributed by atoms with van der Waals surface area (Å²) in [6.07, 6.45) is 6.12. The highest BCUT2D eigenvalue weighted by atomic mass is 16.5. The maximum absolute atomic E-state index is 5.70. The van der Waals surface area contributed by atoms with Crippen LogP contribution in [0.4, 0.5) is 0 Å². The highest BCUT2D eigenvalue weighted by molar-refractivity contribution is 4.62. The van der Waals surface area contributed by atoms with Crippen LogP contribution < -0.4 is 5.32 Å². The van der Waals surface area contributed by atoms with Gasteiger partial charge in [-0.2, -0.15) is 0 Å². The van der Waals surface area contributed by atoms with Gasteiger partial charge >= 0.3 is 0 Å². The summed E-state index contributed by atoms with van der Waals surface area (Å²) >= 11 is 0. The molecule has 0 aromatic rings. The third-order valence-electron chi connectivity index (χ3n) is 3.09. The van der Waals surface area contributed by atoms with E-state index in [1.165, 1.54) is 32.1 Å². The molecule has 0 aliphatic carbocycles. The van der Waals surface area contributed by atoms with E-state index in [9.17, 15) is 0 Å². The van der Waals surface area contributed by atoms with Crippen LogP contribution >= 0.6 is 0 Å². The Bertz CT molecular complexity index is 147. The van der Waals surface area contributed by atoms with E-state index in [-0.39, 0.29) is 0 Å². The maximum atomic E-state index is 5.70. The molecule has 0 bridgehead atoms. The zero-order chi connectivity index (χ0) is 11.5. The molecule has 1 rings (SSSR count).